The third-order valence-electron chi connectivity index (χ3n) is 1.36. The summed E-state index contributed by atoms with van der Waals surface area (Å²) in [7, 11) is 0. The third kappa shape index (κ3) is 1.80. The molecule has 3 heteroatoms. The fourth-order valence-electron chi connectivity index (χ4n) is 0.682. The lowest BCUT2D eigenvalue weighted by Gasteiger charge is -2.00. The Hall–Kier alpha value is 0.110. The summed E-state index contributed by atoms with van der Waals surface area (Å²) in [6, 6.07) is 0. The first kappa shape index (κ1) is 8.21. The van der Waals surface area contributed by atoms with Crippen LogP contribution >= 0.6 is 27.3 Å². The summed E-state index contributed by atoms with van der Waals surface area (Å²) in [4.78, 5) is 5.55. The fourth-order valence-corrected chi connectivity index (χ4v) is 2.08. The van der Waals surface area contributed by atoms with Gasteiger partial charge in [0.15, 0.2) is 0 Å². The van der Waals surface area contributed by atoms with Crippen molar-refractivity contribution in [3.63, 3.8) is 0 Å². The predicted molar refractivity (Wildman–Crippen MR) is 49.1 cm³/mol. The molecule has 0 aliphatic heterocycles. The van der Waals surface area contributed by atoms with Gasteiger partial charge >= 0.3 is 0 Å². The van der Waals surface area contributed by atoms with Gasteiger partial charge in [0, 0.05) is 22.3 Å². The highest BCUT2D eigenvalue weighted by molar-refractivity contribution is 9.09. The van der Waals surface area contributed by atoms with Crippen LogP contribution in [0.5, 0.6) is 0 Å². The smallest absolute Gasteiger partial charge is 0.0896 e. The largest absolute Gasteiger partial charge is 0.250 e. The molecule has 0 aromatic carbocycles. The first-order chi connectivity index (χ1) is 4.74. The van der Waals surface area contributed by atoms with Crippen LogP contribution in [0.4, 0.5) is 0 Å². The molecule has 1 heterocycles. The highest BCUT2D eigenvalue weighted by atomic mass is 79.9. The van der Waals surface area contributed by atoms with Gasteiger partial charge in [-0.2, -0.15) is 0 Å². The minimum absolute atomic E-state index is 0.603. The Labute approximate surface area is 73.6 Å². The van der Waals surface area contributed by atoms with Crippen LogP contribution in [0.2, 0.25) is 0 Å². The van der Waals surface area contributed by atoms with Gasteiger partial charge in [0.1, 0.15) is 0 Å². The Kier molecular flexibility index (Phi) is 2.86. The summed E-state index contributed by atoms with van der Waals surface area (Å²) in [5.41, 5.74) is 0. The van der Waals surface area contributed by atoms with E-state index in [2.05, 4.69) is 27.8 Å². The van der Waals surface area contributed by atoms with Crippen LogP contribution in [-0.4, -0.2) is 10.3 Å². The Balaban J connectivity index is 2.74. The van der Waals surface area contributed by atoms with E-state index in [1.165, 1.54) is 4.88 Å². The van der Waals surface area contributed by atoms with Gasteiger partial charge in [-0.25, -0.2) is 4.98 Å². The number of alkyl halides is 1. The van der Waals surface area contributed by atoms with E-state index >= 15 is 0 Å². The molecule has 1 atom stereocenters. The van der Waals surface area contributed by atoms with Gasteiger partial charge in [0.05, 0.1) is 5.01 Å². The molecule has 10 heavy (non-hydrogen) atoms. The number of aromatic nitrogens is 1. The Morgan fingerprint density at radius 3 is 2.90 bits per heavy atom. The monoisotopic (exact) mass is 219 g/mol. The summed E-state index contributed by atoms with van der Waals surface area (Å²) in [5, 5.41) is 2.18. The van der Waals surface area contributed by atoms with Crippen LogP contribution in [-0.2, 0) is 0 Å². The second-order valence-electron chi connectivity index (χ2n) is 2.34. The zero-order chi connectivity index (χ0) is 7.56. The number of nitrogens with zero attached hydrogens (tertiary/aromatic N) is 1. The molecule has 1 aromatic rings. The Bertz CT molecular complexity index is 209. The van der Waals surface area contributed by atoms with Gasteiger partial charge in [-0.3, -0.25) is 0 Å². The molecular weight excluding hydrogens is 210 g/mol. The molecule has 0 aliphatic carbocycles. The van der Waals surface area contributed by atoms with Crippen LogP contribution in [0.15, 0.2) is 6.20 Å². The summed E-state index contributed by atoms with van der Waals surface area (Å²) < 4.78 is 0. The fraction of sp³-hybridized carbons (Fsp3) is 0.571. The van der Waals surface area contributed by atoms with Crippen LogP contribution < -0.4 is 0 Å². The average Bonchev–Trinajstić information content (AvgIpc) is 2.34. The van der Waals surface area contributed by atoms with Gasteiger partial charge in [0.25, 0.3) is 0 Å². The van der Waals surface area contributed by atoms with Crippen molar-refractivity contribution < 1.29 is 0 Å². The normalized spacial score (nSPS) is 13.5. The molecule has 0 saturated carbocycles. The standard InChI is InChI=1S/C7H10BrNS/c1-5(3-8)7-4-9-6(2)10-7/h4-5H,3H2,1-2H3. The molecule has 0 amide bonds. The maximum atomic E-state index is 4.18. The highest BCUT2D eigenvalue weighted by Crippen LogP contribution is 2.22. The van der Waals surface area contributed by atoms with E-state index in [9.17, 15) is 0 Å². The van der Waals surface area contributed by atoms with Crippen molar-refractivity contribution >= 4 is 27.3 Å². The summed E-state index contributed by atoms with van der Waals surface area (Å²) in [6.07, 6.45) is 1.96. The van der Waals surface area contributed by atoms with Crippen molar-refractivity contribution in [3.05, 3.63) is 16.1 Å². The van der Waals surface area contributed by atoms with E-state index in [4.69, 9.17) is 0 Å². The molecule has 0 saturated heterocycles. The van der Waals surface area contributed by atoms with E-state index in [1.807, 2.05) is 13.1 Å². The number of halogens is 1. The third-order valence-corrected chi connectivity index (χ3v) is 3.47. The molecular formula is C7H10BrNS. The summed E-state index contributed by atoms with van der Waals surface area (Å²) in [5.74, 6) is 0.603. The second-order valence-corrected chi connectivity index (χ2v) is 4.25. The van der Waals surface area contributed by atoms with Crippen LogP contribution in [0.1, 0.15) is 22.7 Å². The lowest BCUT2D eigenvalue weighted by atomic mass is 10.2. The first-order valence-electron chi connectivity index (χ1n) is 3.22. The molecule has 0 spiro atoms. The van der Waals surface area contributed by atoms with Crippen molar-refractivity contribution in [2.75, 3.05) is 5.33 Å². The van der Waals surface area contributed by atoms with E-state index < -0.39 is 0 Å². The van der Waals surface area contributed by atoms with Gasteiger partial charge in [-0.05, 0) is 6.92 Å². The summed E-state index contributed by atoms with van der Waals surface area (Å²) in [6.45, 7) is 4.23. The van der Waals surface area contributed by atoms with Crippen molar-refractivity contribution in [2.45, 2.75) is 19.8 Å². The van der Waals surface area contributed by atoms with E-state index in [1.54, 1.807) is 11.3 Å². The molecule has 1 aromatic heterocycles. The minimum Gasteiger partial charge on any atom is -0.250 e. The zero-order valence-corrected chi connectivity index (χ0v) is 8.50. The van der Waals surface area contributed by atoms with E-state index in [0.29, 0.717) is 5.92 Å². The highest BCUT2D eigenvalue weighted by Gasteiger charge is 2.05. The molecule has 0 N–H and O–H groups in total. The number of thiazole rings is 1. The van der Waals surface area contributed by atoms with Gasteiger partial charge < -0.3 is 0 Å². The molecule has 0 radical (unpaired) electrons. The van der Waals surface area contributed by atoms with Crippen molar-refractivity contribution in [1.29, 1.82) is 0 Å². The number of rotatable bonds is 2. The summed E-state index contributed by atoms with van der Waals surface area (Å²) >= 11 is 5.22. The Morgan fingerprint density at radius 2 is 2.50 bits per heavy atom. The molecule has 1 rings (SSSR count). The first-order valence-corrected chi connectivity index (χ1v) is 5.16. The van der Waals surface area contributed by atoms with Crippen LogP contribution in [0.25, 0.3) is 0 Å². The SMILES string of the molecule is Cc1ncc(C(C)CBr)s1. The maximum Gasteiger partial charge on any atom is 0.0896 e. The average molecular weight is 220 g/mol. The second kappa shape index (κ2) is 3.49. The lowest BCUT2D eigenvalue weighted by molar-refractivity contribution is 0.907. The van der Waals surface area contributed by atoms with Gasteiger partial charge in [0.2, 0.25) is 0 Å². The van der Waals surface area contributed by atoms with Crippen molar-refractivity contribution in [1.82, 2.24) is 4.98 Å². The lowest BCUT2D eigenvalue weighted by Crippen LogP contribution is -1.88. The molecule has 1 nitrogen and oxygen atoms in total. The zero-order valence-electron chi connectivity index (χ0n) is 6.10. The van der Waals surface area contributed by atoms with Crippen LogP contribution in [0.3, 0.4) is 0 Å². The molecule has 0 bridgehead atoms. The molecule has 56 valence electrons. The topological polar surface area (TPSA) is 12.9 Å². The predicted octanol–water partition coefficient (Wildman–Crippen LogP) is 2.95. The van der Waals surface area contributed by atoms with Gasteiger partial charge in [-0.15, -0.1) is 11.3 Å². The Morgan fingerprint density at radius 1 is 1.80 bits per heavy atom. The maximum absolute atomic E-state index is 4.18. The molecule has 0 fully saturated rings. The molecule has 1 unspecified atom stereocenters. The van der Waals surface area contributed by atoms with Crippen molar-refractivity contribution in [2.24, 2.45) is 0 Å². The van der Waals surface area contributed by atoms with Crippen molar-refractivity contribution in [3.8, 4) is 0 Å². The quantitative estimate of drug-likeness (QED) is 0.698. The molecule has 0 aliphatic rings. The van der Waals surface area contributed by atoms with E-state index in [-0.39, 0.29) is 0 Å². The number of hydrogen-bond acceptors (Lipinski definition) is 2. The van der Waals surface area contributed by atoms with E-state index in [0.717, 1.165) is 10.3 Å². The number of aryl methyl sites for hydroxylation is 1. The van der Waals surface area contributed by atoms with Crippen LogP contribution in [0, 0.1) is 6.92 Å². The van der Waals surface area contributed by atoms with Gasteiger partial charge in [-0.1, -0.05) is 22.9 Å². The number of hydrogen-bond donors (Lipinski definition) is 0. The minimum atomic E-state index is 0.603.